The Kier molecular flexibility index (Phi) is 3.69. The Balaban J connectivity index is 2.33. The average molecular weight is 187 g/mol. The summed E-state index contributed by atoms with van der Waals surface area (Å²) in [5, 5.41) is 12.0. The highest BCUT2D eigenvalue weighted by atomic mass is 16.5. The number of aliphatic carboxylic acids is 1. The summed E-state index contributed by atoms with van der Waals surface area (Å²) in [5.41, 5.74) is 0. The lowest BCUT2D eigenvalue weighted by molar-refractivity contribution is -0.140. The maximum absolute atomic E-state index is 10.8. The van der Waals surface area contributed by atoms with Gasteiger partial charge in [-0.3, -0.25) is 10.1 Å². The van der Waals surface area contributed by atoms with Gasteiger partial charge in [0.15, 0.2) is 0 Å². The van der Waals surface area contributed by atoms with Gasteiger partial charge in [-0.25, -0.2) is 0 Å². The third-order valence-electron chi connectivity index (χ3n) is 2.24. The lowest BCUT2D eigenvalue weighted by Crippen LogP contribution is -2.45. The maximum Gasteiger partial charge on any atom is 0.320 e. The molecule has 1 fully saturated rings. The van der Waals surface area contributed by atoms with Crippen LogP contribution in [0.4, 0.5) is 0 Å². The number of hydrogen-bond acceptors (Lipinski definition) is 3. The number of carboxylic acids is 1. The monoisotopic (exact) mass is 187 g/mol. The van der Waals surface area contributed by atoms with E-state index in [4.69, 9.17) is 9.84 Å². The molecule has 13 heavy (non-hydrogen) atoms. The minimum atomic E-state index is -0.745. The molecule has 76 valence electrons. The van der Waals surface area contributed by atoms with Crippen molar-refractivity contribution in [3.05, 3.63) is 0 Å². The van der Waals surface area contributed by atoms with Gasteiger partial charge in [-0.05, 0) is 25.7 Å². The molecule has 4 heteroatoms. The van der Waals surface area contributed by atoms with Crippen molar-refractivity contribution in [1.82, 2.24) is 5.32 Å². The van der Waals surface area contributed by atoms with Crippen LogP contribution in [0.2, 0.25) is 0 Å². The van der Waals surface area contributed by atoms with Crippen LogP contribution >= 0.6 is 0 Å². The average Bonchev–Trinajstić information content (AvgIpc) is 2.82. The first kappa shape index (κ1) is 10.5. The summed E-state index contributed by atoms with van der Waals surface area (Å²) in [6.07, 6.45) is 2.06. The van der Waals surface area contributed by atoms with Crippen LogP contribution in [0.5, 0.6) is 0 Å². The van der Waals surface area contributed by atoms with Gasteiger partial charge in [0.05, 0.1) is 6.61 Å². The van der Waals surface area contributed by atoms with E-state index in [-0.39, 0.29) is 12.1 Å². The number of rotatable bonds is 6. The Morgan fingerprint density at radius 1 is 1.69 bits per heavy atom. The number of nitrogens with one attached hydrogen (secondary N) is 1. The van der Waals surface area contributed by atoms with Crippen molar-refractivity contribution in [3.63, 3.8) is 0 Å². The normalized spacial score (nSPS) is 21.1. The van der Waals surface area contributed by atoms with Crippen molar-refractivity contribution >= 4 is 5.97 Å². The van der Waals surface area contributed by atoms with E-state index in [2.05, 4.69) is 5.32 Å². The molecule has 1 saturated carbocycles. The molecule has 0 spiro atoms. The van der Waals surface area contributed by atoms with Crippen LogP contribution in [0.25, 0.3) is 0 Å². The lowest BCUT2D eigenvalue weighted by Gasteiger charge is -2.18. The summed E-state index contributed by atoms with van der Waals surface area (Å²) >= 11 is 0. The topological polar surface area (TPSA) is 58.6 Å². The molecule has 2 N–H and O–H groups in total. The minimum absolute atomic E-state index is 0.103. The summed E-state index contributed by atoms with van der Waals surface area (Å²) < 4.78 is 4.93. The van der Waals surface area contributed by atoms with E-state index in [1.54, 1.807) is 7.11 Å². The van der Waals surface area contributed by atoms with Gasteiger partial charge >= 0.3 is 5.97 Å². The van der Waals surface area contributed by atoms with Crippen molar-refractivity contribution in [2.45, 2.75) is 31.8 Å². The summed E-state index contributed by atoms with van der Waals surface area (Å²) in [6.45, 7) is 2.48. The molecular formula is C9H17NO3. The molecule has 2 atom stereocenters. The highest BCUT2D eigenvalue weighted by molar-refractivity contribution is 5.74. The molecule has 0 aromatic carbocycles. The van der Waals surface area contributed by atoms with Gasteiger partial charge < -0.3 is 9.84 Å². The number of ether oxygens (including phenoxy) is 1. The van der Waals surface area contributed by atoms with E-state index in [1.807, 2.05) is 6.92 Å². The SMILES string of the molecule is COCC(C)NC(C(=O)O)C1CC1. The molecule has 0 heterocycles. The molecule has 0 aromatic heterocycles. The number of hydrogen-bond donors (Lipinski definition) is 2. The van der Waals surface area contributed by atoms with Crippen molar-refractivity contribution in [3.8, 4) is 0 Å². The molecule has 1 aliphatic rings. The Hall–Kier alpha value is -0.610. The van der Waals surface area contributed by atoms with Crippen LogP contribution in [0.15, 0.2) is 0 Å². The fourth-order valence-electron chi connectivity index (χ4n) is 1.44. The Morgan fingerprint density at radius 3 is 2.69 bits per heavy atom. The van der Waals surface area contributed by atoms with E-state index in [0.29, 0.717) is 12.5 Å². The zero-order valence-corrected chi connectivity index (χ0v) is 8.12. The first-order valence-electron chi connectivity index (χ1n) is 4.63. The fourth-order valence-corrected chi connectivity index (χ4v) is 1.44. The molecule has 0 saturated heterocycles. The second-order valence-corrected chi connectivity index (χ2v) is 3.68. The van der Waals surface area contributed by atoms with Crippen LogP contribution in [0, 0.1) is 5.92 Å². The molecule has 1 aliphatic carbocycles. The number of carbonyl (C=O) groups is 1. The molecule has 0 aromatic rings. The summed E-state index contributed by atoms with van der Waals surface area (Å²) in [7, 11) is 1.62. The van der Waals surface area contributed by atoms with Crippen LogP contribution < -0.4 is 5.32 Å². The van der Waals surface area contributed by atoms with Crippen LogP contribution in [-0.2, 0) is 9.53 Å². The molecule has 0 bridgehead atoms. The third-order valence-corrected chi connectivity index (χ3v) is 2.24. The van der Waals surface area contributed by atoms with E-state index in [9.17, 15) is 4.79 Å². The second kappa shape index (κ2) is 4.58. The Morgan fingerprint density at radius 2 is 2.31 bits per heavy atom. The summed E-state index contributed by atoms with van der Waals surface area (Å²) in [4.78, 5) is 10.8. The smallest absolute Gasteiger partial charge is 0.320 e. The van der Waals surface area contributed by atoms with Gasteiger partial charge in [0.1, 0.15) is 6.04 Å². The van der Waals surface area contributed by atoms with Crippen LogP contribution in [0.3, 0.4) is 0 Å². The van der Waals surface area contributed by atoms with Gasteiger partial charge in [0.2, 0.25) is 0 Å². The highest BCUT2D eigenvalue weighted by Crippen LogP contribution is 2.32. The fraction of sp³-hybridized carbons (Fsp3) is 0.889. The van der Waals surface area contributed by atoms with Gasteiger partial charge in [0, 0.05) is 13.2 Å². The quantitative estimate of drug-likeness (QED) is 0.634. The predicted octanol–water partition coefficient (Wildman–Crippen LogP) is 0.474. The van der Waals surface area contributed by atoms with Crippen molar-refractivity contribution in [2.75, 3.05) is 13.7 Å². The van der Waals surface area contributed by atoms with Gasteiger partial charge in [-0.15, -0.1) is 0 Å². The van der Waals surface area contributed by atoms with E-state index in [0.717, 1.165) is 12.8 Å². The lowest BCUT2D eigenvalue weighted by atomic mass is 10.1. The number of methoxy groups -OCH3 is 1. The van der Waals surface area contributed by atoms with Crippen LogP contribution in [-0.4, -0.2) is 36.9 Å². The predicted molar refractivity (Wildman–Crippen MR) is 48.6 cm³/mol. The van der Waals surface area contributed by atoms with Crippen molar-refractivity contribution in [1.29, 1.82) is 0 Å². The second-order valence-electron chi connectivity index (χ2n) is 3.68. The summed E-state index contributed by atoms with van der Waals surface area (Å²) in [5.74, 6) is -0.415. The number of carboxylic acid groups (broad SMARTS) is 1. The molecule has 0 amide bonds. The molecule has 0 aliphatic heterocycles. The van der Waals surface area contributed by atoms with E-state index in [1.165, 1.54) is 0 Å². The minimum Gasteiger partial charge on any atom is -0.480 e. The van der Waals surface area contributed by atoms with E-state index < -0.39 is 5.97 Å². The van der Waals surface area contributed by atoms with Gasteiger partial charge in [0.25, 0.3) is 0 Å². The zero-order valence-electron chi connectivity index (χ0n) is 8.12. The highest BCUT2D eigenvalue weighted by Gasteiger charge is 2.36. The van der Waals surface area contributed by atoms with Crippen molar-refractivity contribution < 1.29 is 14.6 Å². The molecule has 0 radical (unpaired) electrons. The van der Waals surface area contributed by atoms with E-state index >= 15 is 0 Å². The van der Waals surface area contributed by atoms with Gasteiger partial charge in [-0.1, -0.05) is 0 Å². The molecule has 4 nitrogen and oxygen atoms in total. The van der Waals surface area contributed by atoms with Crippen LogP contribution in [0.1, 0.15) is 19.8 Å². The Bertz CT molecular complexity index is 180. The Labute approximate surface area is 78.3 Å². The maximum atomic E-state index is 10.8. The first-order chi connectivity index (χ1) is 6.15. The third kappa shape index (κ3) is 3.32. The largest absolute Gasteiger partial charge is 0.480 e. The molecular weight excluding hydrogens is 170 g/mol. The molecule has 2 unspecified atom stereocenters. The van der Waals surface area contributed by atoms with Gasteiger partial charge in [-0.2, -0.15) is 0 Å². The first-order valence-corrected chi connectivity index (χ1v) is 4.63. The summed E-state index contributed by atoms with van der Waals surface area (Å²) in [6, 6.07) is -0.281. The molecule has 1 rings (SSSR count). The standard InChI is InChI=1S/C9H17NO3/c1-6(5-13-2)10-8(9(11)12)7-3-4-7/h6-8,10H,3-5H2,1-2H3,(H,11,12). The zero-order chi connectivity index (χ0) is 9.84. The van der Waals surface area contributed by atoms with Crippen molar-refractivity contribution in [2.24, 2.45) is 5.92 Å².